The summed E-state index contributed by atoms with van der Waals surface area (Å²) in [6.45, 7) is 3.91. The second-order valence-corrected chi connectivity index (χ2v) is 6.28. The normalized spacial score (nSPS) is 12.2. The van der Waals surface area contributed by atoms with Gasteiger partial charge in [0.25, 0.3) is 5.91 Å². The van der Waals surface area contributed by atoms with Crippen molar-refractivity contribution in [1.82, 2.24) is 5.32 Å². The summed E-state index contributed by atoms with van der Waals surface area (Å²) in [7, 11) is -3.43. The molecule has 0 aliphatic carbocycles. The third-order valence-electron chi connectivity index (χ3n) is 2.45. The molecule has 114 valence electrons. The van der Waals surface area contributed by atoms with Crippen LogP contribution in [-0.4, -0.2) is 33.2 Å². The molecule has 4 N–H and O–H groups in total. The molecule has 0 spiro atoms. The van der Waals surface area contributed by atoms with Gasteiger partial charge in [-0.15, -0.1) is 12.4 Å². The molecule has 0 aliphatic rings. The van der Waals surface area contributed by atoms with Crippen molar-refractivity contribution >= 4 is 34.0 Å². The van der Waals surface area contributed by atoms with Crippen LogP contribution in [-0.2, 0) is 10.0 Å². The number of halogens is 1. The molecule has 0 bridgehead atoms. The van der Waals surface area contributed by atoms with Gasteiger partial charge < -0.3 is 11.1 Å². The summed E-state index contributed by atoms with van der Waals surface area (Å²) < 4.78 is 24.9. The number of nitrogens with one attached hydrogen (secondary N) is 2. The van der Waals surface area contributed by atoms with E-state index in [1.54, 1.807) is 25.1 Å². The number of carbonyl (C=O) groups excluding carboxylic acids is 1. The number of amides is 1. The Morgan fingerprint density at radius 3 is 2.50 bits per heavy atom. The highest BCUT2D eigenvalue weighted by molar-refractivity contribution is 7.92. The van der Waals surface area contributed by atoms with Gasteiger partial charge in [0, 0.05) is 12.6 Å². The standard InChI is InChI=1S/C12H19N3O3S.ClH/c1-8-4-5-11(15-19(3,17)18)10(6-8)12(16)14-9(2)7-13;/h4-6,9,15H,7,13H2,1-3H3,(H,14,16);1H/t9-;/m0./s1. The number of benzene rings is 1. The maximum atomic E-state index is 12.1. The molecule has 0 fully saturated rings. The first kappa shape index (κ1) is 18.7. The molecule has 0 radical (unpaired) electrons. The molecule has 0 unspecified atom stereocenters. The molecule has 0 aromatic heterocycles. The average Bonchev–Trinajstić information content (AvgIpc) is 2.29. The lowest BCUT2D eigenvalue weighted by atomic mass is 10.1. The Morgan fingerprint density at radius 1 is 1.40 bits per heavy atom. The summed E-state index contributed by atoms with van der Waals surface area (Å²) in [6, 6.07) is 4.75. The van der Waals surface area contributed by atoms with Crippen molar-refractivity contribution in [3.05, 3.63) is 29.3 Å². The minimum absolute atomic E-state index is 0. The maximum Gasteiger partial charge on any atom is 0.253 e. The minimum Gasteiger partial charge on any atom is -0.348 e. The van der Waals surface area contributed by atoms with Gasteiger partial charge in [0.15, 0.2) is 0 Å². The summed E-state index contributed by atoms with van der Waals surface area (Å²) in [6.07, 6.45) is 1.04. The van der Waals surface area contributed by atoms with Crippen LogP contribution in [0.1, 0.15) is 22.8 Å². The van der Waals surface area contributed by atoms with E-state index >= 15 is 0 Å². The van der Waals surface area contributed by atoms with Crippen LogP contribution >= 0.6 is 12.4 Å². The predicted molar refractivity (Wildman–Crippen MR) is 82.9 cm³/mol. The van der Waals surface area contributed by atoms with Crippen LogP contribution in [0.3, 0.4) is 0 Å². The van der Waals surface area contributed by atoms with E-state index in [-0.39, 0.29) is 35.6 Å². The Labute approximate surface area is 125 Å². The highest BCUT2D eigenvalue weighted by Crippen LogP contribution is 2.18. The van der Waals surface area contributed by atoms with Gasteiger partial charge in [0.05, 0.1) is 17.5 Å². The molecule has 1 aromatic rings. The van der Waals surface area contributed by atoms with Crippen LogP contribution in [0.15, 0.2) is 18.2 Å². The Morgan fingerprint density at radius 2 is 2.00 bits per heavy atom. The summed E-state index contributed by atoms with van der Waals surface area (Å²) in [5.41, 5.74) is 6.85. The fourth-order valence-electron chi connectivity index (χ4n) is 1.50. The van der Waals surface area contributed by atoms with E-state index in [2.05, 4.69) is 10.0 Å². The molecule has 1 aromatic carbocycles. The number of sulfonamides is 1. The maximum absolute atomic E-state index is 12.1. The largest absolute Gasteiger partial charge is 0.348 e. The van der Waals surface area contributed by atoms with Gasteiger partial charge in [-0.3, -0.25) is 9.52 Å². The van der Waals surface area contributed by atoms with Crippen molar-refractivity contribution < 1.29 is 13.2 Å². The first-order chi connectivity index (χ1) is 8.73. The molecule has 0 saturated heterocycles. The number of rotatable bonds is 5. The number of nitrogens with two attached hydrogens (primary N) is 1. The van der Waals surface area contributed by atoms with Gasteiger partial charge in [-0.05, 0) is 26.0 Å². The van der Waals surface area contributed by atoms with Crippen LogP contribution in [0.5, 0.6) is 0 Å². The summed E-state index contributed by atoms with van der Waals surface area (Å²) in [5, 5.41) is 2.70. The fraction of sp³-hybridized carbons (Fsp3) is 0.417. The second kappa shape index (κ2) is 7.47. The summed E-state index contributed by atoms with van der Waals surface area (Å²) >= 11 is 0. The van der Waals surface area contributed by atoms with Gasteiger partial charge in [-0.1, -0.05) is 11.6 Å². The first-order valence-corrected chi connectivity index (χ1v) is 7.71. The summed E-state index contributed by atoms with van der Waals surface area (Å²) in [5.74, 6) is -0.354. The monoisotopic (exact) mass is 321 g/mol. The molecular weight excluding hydrogens is 302 g/mol. The van der Waals surface area contributed by atoms with Gasteiger partial charge in [0.2, 0.25) is 10.0 Å². The van der Waals surface area contributed by atoms with Gasteiger partial charge >= 0.3 is 0 Å². The van der Waals surface area contributed by atoms with E-state index in [4.69, 9.17) is 5.73 Å². The Balaban J connectivity index is 0.00000361. The average molecular weight is 322 g/mol. The Kier molecular flexibility index (Phi) is 6.98. The molecule has 20 heavy (non-hydrogen) atoms. The molecule has 1 amide bonds. The van der Waals surface area contributed by atoms with E-state index in [0.717, 1.165) is 11.8 Å². The van der Waals surface area contributed by atoms with E-state index in [9.17, 15) is 13.2 Å². The molecule has 1 rings (SSSR count). The fourth-order valence-corrected chi connectivity index (χ4v) is 2.07. The van der Waals surface area contributed by atoms with Crippen LogP contribution in [0.4, 0.5) is 5.69 Å². The van der Waals surface area contributed by atoms with E-state index in [0.29, 0.717) is 6.54 Å². The zero-order chi connectivity index (χ0) is 14.6. The second-order valence-electron chi connectivity index (χ2n) is 4.53. The molecular formula is C12H20ClN3O3S. The van der Waals surface area contributed by atoms with Crippen molar-refractivity contribution in [2.45, 2.75) is 19.9 Å². The van der Waals surface area contributed by atoms with E-state index in [1.165, 1.54) is 0 Å². The molecule has 0 heterocycles. The molecule has 1 atom stereocenters. The van der Waals surface area contributed by atoms with Crippen LogP contribution in [0.2, 0.25) is 0 Å². The SMILES string of the molecule is Cc1ccc(NS(C)(=O)=O)c(C(=O)N[C@@H](C)CN)c1.Cl. The van der Waals surface area contributed by atoms with Gasteiger partial charge in [-0.25, -0.2) is 8.42 Å². The number of hydrogen-bond acceptors (Lipinski definition) is 4. The van der Waals surface area contributed by atoms with E-state index in [1.807, 2.05) is 6.92 Å². The van der Waals surface area contributed by atoms with Crippen LogP contribution in [0, 0.1) is 6.92 Å². The smallest absolute Gasteiger partial charge is 0.253 e. The number of anilines is 1. The van der Waals surface area contributed by atoms with Crippen LogP contribution < -0.4 is 15.8 Å². The lowest BCUT2D eigenvalue weighted by Gasteiger charge is -2.15. The molecule has 8 heteroatoms. The van der Waals surface area contributed by atoms with Crippen molar-refractivity contribution in [2.24, 2.45) is 5.73 Å². The third kappa shape index (κ3) is 5.77. The number of hydrogen-bond donors (Lipinski definition) is 3. The van der Waals surface area contributed by atoms with Crippen molar-refractivity contribution in [1.29, 1.82) is 0 Å². The predicted octanol–water partition coefficient (Wildman–Crippen LogP) is 0.865. The topological polar surface area (TPSA) is 101 Å². The summed E-state index contributed by atoms with van der Waals surface area (Å²) in [4.78, 5) is 12.1. The zero-order valence-electron chi connectivity index (χ0n) is 11.6. The zero-order valence-corrected chi connectivity index (χ0v) is 13.3. The van der Waals surface area contributed by atoms with Crippen molar-refractivity contribution in [3.8, 4) is 0 Å². The highest BCUT2D eigenvalue weighted by Gasteiger charge is 2.15. The van der Waals surface area contributed by atoms with Crippen molar-refractivity contribution in [3.63, 3.8) is 0 Å². The van der Waals surface area contributed by atoms with Crippen molar-refractivity contribution in [2.75, 3.05) is 17.5 Å². The number of carbonyl (C=O) groups is 1. The van der Waals surface area contributed by atoms with Gasteiger partial charge in [-0.2, -0.15) is 0 Å². The molecule has 0 saturated carbocycles. The third-order valence-corrected chi connectivity index (χ3v) is 3.04. The lowest BCUT2D eigenvalue weighted by Crippen LogP contribution is -2.38. The van der Waals surface area contributed by atoms with Gasteiger partial charge in [0.1, 0.15) is 0 Å². The Bertz CT molecular complexity index is 575. The Hall–Kier alpha value is -1.31. The molecule has 6 nitrogen and oxygen atoms in total. The highest BCUT2D eigenvalue weighted by atomic mass is 35.5. The minimum atomic E-state index is -3.43. The molecule has 0 aliphatic heterocycles. The first-order valence-electron chi connectivity index (χ1n) is 5.82. The quantitative estimate of drug-likeness (QED) is 0.748. The van der Waals surface area contributed by atoms with Crippen LogP contribution in [0.25, 0.3) is 0 Å². The number of aryl methyl sites for hydroxylation is 1. The lowest BCUT2D eigenvalue weighted by molar-refractivity contribution is 0.0942. The van der Waals surface area contributed by atoms with E-state index < -0.39 is 10.0 Å².